The summed E-state index contributed by atoms with van der Waals surface area (Å²) in [4.78, 5) is 19.7. The van der Waals surface area contributed by atoms with E-state index in [4.69, 9.17) is 14.5 Å². The smallest absolute Gasteiger partial charge is 0.185 e. The van der Waals surface area contributed by atoms with Crippen LogP contribution in [0.4, 0.5) is 5.82 Å². The Morgan fingerprint density at radius 2 is 1.90 bits per heavy atom. The molecule has 0 spiro atoms. The molecule has 1 saturated heterocycles. The van der Waals surface area contributed by atoms with Gasteiger partial charge in [-0.25, -0.2) is 4.98 Å². The van der Waals surface area contributed by atoms with Gasteiger partial charge >= 0.3 is 0 Å². The summed E-state index contributed by atoms with van der Waals surface area (Å²) in [6, 6.07) is 17.4. The second-order valence-electron chi connectivity index (χ2n) is 6.85. The Hall–Kier alpha value is -3.18. The zero-order valence-electron chi connectivity index (χ0n) is 16.5. The lowest BCUT2D eigenvalue weighted by atomic mass is 10.1. The molecule has 3 aromatic rings. The molecular weight excluding hydrogens is 364 g/mol. The van der Waals surface area contributed by atoms with Crippen molar-refractivity contribution in [3.63, 3.8) is 0 Å². The van der Waals surface area contributed by atoms with Gasteiger partial charge in [-0.05, 0) is 55.5 Å². The largest absolute Gasteiger partial charge is 0.494 e. The van der Waals surface area contributed by atoms with Crippen molar-refractivity contribution >= 4 is 28.6 Å². The van der Waals surface area contributed by atoms with Gasteiger partial charge in [-0.2, -0.15) is 0 Å². The van der Waals surface area contributed by atoms with E-state index in [1.54, 1.807) is 18.2 Å². The lowest BCUT2D eigenvalue weighted by molar-refractivity contribution is 0.104. The molecule has 5 heteroatoms. The molecule has 5 nitrogen and oxygen atoms in total. The number of allylic oxidation sites excluding steroid dienone is 1. The van der Waals surface area contributed by atoms with Crippen LogP contribution in [0.15, 0.2) is 60.7 Å². The summed E-state index contributed by atoms with van der Waals surface area (Å²) >= 11 is 0. The topological polar surface area (TPSA) is 51.7 Å². The summed E-state index contributed by atoms with van der Waals surface area (Å²) < 4.78 is 10.9. The lowest BCUT2D eigenvalue weighted by Crippen LogP contribution is -2.37. The van der Waals surface area contributed by atoms with Crippen molar-refractivity contribution in [2.45, 2.75) is 6.92 Å². The van der Waals surface area contributed by atoms with E-state index in [0.29, 0.717) is 25.4 Å². The fourth-order valence-corrected chi connectivity index (χ4v) is 3.42. The van der Waals surface area contributed by atoms with E-state index in [-0.39, 0.29) is 5.78 Å². The van der Waals surface area contributed by atoms with Gasteiger partial charge < -0.3 is 14.4 Å². The molecule has 0 amide bonds. The number of rotatable bonds is 6. The van der Waals surface area contributed by atoms with E-state index in [1.807, 2.05) is 49.4 Å². The number of anilines is 1. The van der Waals surface area contributed by atoms with Crippen molar-refractivity contribution < 1.29 is 14.3 Å². The monoisotopic (exact) mass is 388 g/mol. The predicted molar refractivity (Wildman–Crippen MR) is 116 cm³/mol. The van der Waals surface area contributed by atoms with Crippen LogP contribution in [0.1, 0.15) is 22.8 Å². The summed E-state index contributed by atoms with van der Waals surface area (Å²) in [6.45, 7) is 5.49. The third kappa shape index (κ3) is 4.46. The first kappa shape index (κ1) is 19.2. The quantitative estimate of drug-likeness (QED) is 0.464. The molecule has 2 aromatic carbocycles. The minimum absolute atomic E-state index is 0.0471. The van der Waals surface area contributed by atoms with Crippen LogP contribution in [-0.4, -0.2) is 43.7 Å². The van der Waals surface area contributed by atoms with E-state index in [1.165, 1.54) is 0 Å². The maximum Gasteiger partial charge on any atom is 0.185 e. The van der Waals surface area contributed by atoms with Crippen LogP contribution in [0.2, 0.25) is 0 Å². The highest BCUT2D eigenvalue weighted by Crippen LogP contribution is 2.26. The normalized spacial score (nSPS) is 14.4. The molecule has 0 bridgehead atoms. The van der Waals surface area contributed by atoms with Gasteiger partial charge in [-0.3, -0.25) is 4.79 Å². The van der Waals surface area contributed by atoms with E-state index < -0.39 is 0 Å². The molecular formula is C24H24N2O3. The number of carbonyl (C=O) groups is 1. The van der Waals surface area contributed by atoms with E-state index >= 15 is 0 Å². The predicted octanol–water partition coefficient (Wildman–Crippen LogP) is 4.37. The number of hydrogen-bond acceptors (Lipinski definition) is 5. The summed E-state index contributed by atoms with van der Waals surface area (Å²) in [5.74, 6) is 1.61. The van der Waals surface area contributed by atoms with Crippen molar-refractivity contribution in [2.24, 2.45) is 0 Å². The molecule has 2 heterocycles. The summed E-state index contributed by atoms with van der Waals surface area (Å²) in [7, 11) is 0. The van der Waals surface area contributed by atoms with Crippen molar-refractivity contribution in [3.8, 4) is 5.75 Å². The second-order valence-corrected chi connectivity index (χ2v) is 6.85. The second kappa shape index (κ2) is 8.88. The molecule has 1 aromatic heterocycles. The Morgan fingerprint density at radius 3 is 2.66 bits per heavy atom. The first-order valence-electron chi connectivity index (χ1n) is 9.92. The molecule has 0 unspecified atom stereocenters. The first-order valence-corrected chi connectivity index (χ1v) is 9.92. The lowest BCUT2D eigenvalue weighted by Gasteiger charge is -2.29. The number of carbonyl (C=O) groups excluding carboxylic acids is 1. The Balaban J connectivity index is 1.63. The molecule has 0 radical (unpaired) electrons. The van der Waals surface area contributed by atoms with Gasteiger partial charge in [0.15, 0.2) is 5.78 Å². The van der Waals surface area contributed by atoms with Crippen molar-refractivity contribution in [2.75, 3.05) is 37.8 Å². The molecule has 0 N–H and O–H groups in total. The van der Waals surface area contributed by atoms with Gasteiger partial charge in [0.05, 0.1) is 25.3 Å². The number of aromatic nitrogens is 1. The average Bonchev–Trinajstić information content (AvgIpc) is 2.78. The standard InChI is InChI=1S/C24H24N2O3/c1-2-29-21-10-7-18(8-11-21)23(27)12-9-20-17-19-5-3-4-6-22(19)25-24(20)26-13-15-28-16-14-26/h3-12,17H,2,13-16H2,1H3/b12-9+. The molecule has 4 rings (SSSR count). The number of pyridine rings is 1. The minimum Gasteiger partial charge on any atom is -0.494 e. The fraction of sp³-hybridized carbons (Fsp3) is 0.250. The Morgan fingerprint density at radius 1 is 1.14 bits per heavy atom. The summed E-state index contributed by atoms with van der Waals surface area (Å²) in [5, 5.41) is 1.05. The summed E-state index contributed by atoms with van der Waals surface area (Å²) in [5.41, 5.74) is 2.51. The molecule has 1 aliphatic rings. The number of nitrogens with zero attached hydrogens (tertiary/aromatic N) is 2. The number of fused-ring (bicyclic) bond motifs is 1. The molecule has 29 heavy (non-hydrogen) atoms. The van der Waals surface area contributed by atoms with Gasteiger partial charge in [-0.1, -0.05) is 18.2 Å². The third-order valence-electron chi connectivity index (χ3n) is 4.91. The SMILES string of the molecule is CCOc1ccc(C(=O)/C=C/c2cc3ccccc3nc2N2CCOCC2)cc1. The maximum atomic E-state index is 12.7. The minimum atomic E-state index is -0.0471. The Labute approximate surface area is 170 Å². The van der Waals surface area contributed by atoms with Gasteiger partial charge in [-0.15, -0.1) is 0 Å². The molecule has 1 fully saturated rings. The number of morpholine rings is 1. The van der Waals surface area contributed by atoms with Crippen LogP contribution in [0.3, 0.4) is 0 Å². The van der Waals surface area contributed by atoms with Gasteiger partial charge in [0.2, 0.25) is 0 Å². The van der Waals surface area contributed by atoms with Crippen LogP contribution in [-0.2, 0) is 4.74 Å². The third-order valence-corrected chi connectivity index (χ3v) is 4.91. The average molecular weight is 388 g/mol. The van der Waals surface area contributed by atoms with Crippen LogP contribution < -0.4 is 9.64 Å². The zero-order chi connectivity index (χ0) is 20.1. The highest BCUT2D eigenvalue weighted by molar-refractivity contribution is 6.07. The van der Waals surface area contributed by atoms with E-state index in [2.05, 4.69) is 11.0 Å². The van der Waals surface area contributed by atoms with Crippen LogP contribution >= 0.6 is 0 Å². The maximum absolute atomic E-state index is 12.7. The Bertz CT molecular complexity index is 1020. The highest BCUT2D eigenvalue weighted by atomic mass is 16.5. The summed E-state index contributed by atoms with van der Waals surface area (Å²) in [6.07, 6.45) is 3.48. The van der Waals surface area contributed by atoms with E-state index in [9.17, 15) is 4.79 Å². The number of ether oxygens (including phenoxy) is 2. The number of para-hydroxylation sites is 1. The molecule has 0 saturated carbocycles. The molecule has 0 aliphatic carbocycles. The van der Waals surface area contributed by atoms with Gasteiger partial charge in [0.25, 0.3) is 0 Å². The fourth-order valence-electron chi connectivity index (χ4n) is 3.42. The van der Waals surface area contributed by atoms with Crippen LogP contribution in [0.25, 0.3) is 17.0 Å². The van der Waals surface area contributed by atoms with E-state index in [0.717, 1.165) is 41.1 Å². The Kier molecular flexibility index (Phi) is 5.86. The van der Waals surface area contributed by atoms with Crippen molar-refractivity contribution in [1.82, 2.24) is 4.98 Å². The van der Waals surface area contributed by atoms with Gasteiger partial charge in [0, 0.05) is 29.6 Å². The first-order chi connectivity index (χ1) is 14.2. The van der Waals surface area contributed by atoms with Crippen molar-refractivity contribution in [3.05, 3.63) is 71.8 Å². The number of benzene rings is 2. The molecule has 1 aliphatic heterocycles. The zero-order valence-corrected chi connectivity index (χ0v) is 16.5. The highest BCUT2D eigenvalue weighted by Gasteiger charge is 2.16. The molecule has 148 valence electrons. The number of hydrogen-bond donors (Lipinski definition) is 0. The van der Waals surface area contributed by atoms with Crippen LogP contribution in [0, 0.1) is 0 Å². The van der Waals surface area contributed by atoms with Gasteiger partial charge in [0.1, 0.15) is 11.6 Å². The molecule has 0 atom stereocenters. The number of ketones is 1. The van der Waals surface area contributed by atoms with Crippen LogP contribution in [0.5, 0.6) is 5.75 Å². The van der Waals surface area contributed by atoms with Crippen molar-refractivity contribution in [1.29, 1.82) is 0 Å².